The minimum Gasteiger partial charge on any atom is -0.368 e. The minimum atomic E-state index is -3.94. The Morgan fingerprint density at radius 1 is 1.30 bits per heavy atom. The highest BCUT2D eigenvalue weighted by atomic mass is 35.7. The first kappa shape index (κ1) is 15.9. The van der Waals surface area contributed by atoms with Crippen LogP contribution in [0.5, 0.6) is 0 Å². The van der Waals surface area contributed by atoms with Gasteiger partial charge < -0.3 is 10.1 Å². The molecule has 1 heterocycles. The molecule has 1 aromatic carbocycles. The predicted molar refractivity (Wildman–Crippen MR) is 77.1 cm³/mol. The first-order chi connectivity index (χ1) is 9.29. The molecule has 1 fully saturated rings. The van der Waals surface area contributed by atoms with Gasteiger partial charge in [0.1, 0.15) is 6.10 Å². The Balaban J connectivity index is 2.26. The van der Waals surface area contributed by atoms with Gasteiger partial charge in [0.05, 0.1) is 20.6 Å². The number of halogens is 3. The third kappa shape index (κ3) is 3.56. The largest absolute Gasteiger partial charge is 0.368 e. The highest BCUT2D eigenvalue weighted by Gasteiger charge is 2.25. The van der Waals surface area contributed by atoms with Gasteiger partial charge >= 0.3 is 0 Å². The number of nitrogens with one attached hydrogen (secondary N) is 1. The fraction of sp³-hybridized carbons (Fsp3) is 0.364. The summed E-state index contributed by atoms with van der Waals surface area (Å²) in [5.74, 6) is -0.368. The molecular formula is C11H10Cl3NO4S. The zero-order valence-electron chi connectivity index (χ0n) is 10.0. The van der Waals surface area contributed by atoms with E-state index in [0.717, 1.165) is 18.6 Å². The van der Waals surface area contributed by atoms with Crippen molar-refractivity contribution in [1.82, 2.24) is 0 Å². The summed E-state index contributed by atoms with van der Waals surface area (Å²) in [4.78, 5) is 11.7. The minimum absolute atomic E-state index is 0.0110. The van der Waals surface area contributed by atoms with Crippen molar-refractivity contribution in [3.05, 3.63) is 22.2 Å². The van der Waals surface area contributed by atoms with Gasteiger partial charge in [-0.05, 0) is 25.0 Å². The average Bonchev–Trinajstić information content (AvgIpc) is 2.85. The van der Waals surface area contributed by atoms with E-state index in [1.165, 1.54) is 0 Å². The van der Waals surface area contributed by atoms with E-state index in [1.807, 2.05) is 0 Å². The number of benzene rings is 1. The van der Waals surface area contributed by atoms with E-state index in [4.69, 9.17) is 38.6 Å². The molecule has 1 saturated heterocycles. The second-order valence-electron chi connectivity index (χ2n) is 4.19. The molecule has 0 spiro atoms. The quantitative estimate of drug-likeness (QED) is 0.843. The summed E-state index contributed by atoms with van der Waals surface area (Å²) < 4.78 is 27.7. The zero-order valence-corrected chi connectivity index (χ0v) is 13.1. The van der Waals surface area contributed by atoms with Crippen molar-refractivity contribution < 1.29 is 17.9 Å². The molecule has 1 atom stereocenters. The van der Waals surface area contributed by atoms with Crippen LogP contribution in [-0.2, 0) is 18.6 Å². The lowest BCUT2D eigenvalue weighted by molar-refractivity contribution is -0.124. The first-order valence-electron chi connectivity index (χ1n) is 5.65. The number of hydrogen-bond acceptors (Lipinski definition) is 4. The molecule has 5 nitrogen and oxygen atoms in total. The molecule has 1 N–H and O–H groups in total. The second-order valence-corrected chi connectivity index (χ2v) is 7.57. The topological polar surface area (TPSA) is 72.5 Å². The number of ether oxygens (including phenoxy) is 1. The van der Waals surface area contributed by atoms with E-state index in [0.29, 0.717) is 13.0 Å². The monoisotopic (exact) mass is 357 g/mol. The maximum Gasteiger partial charge on any atom is 0.261 e. The molecule has 1 aliphatic rings. The lowest BCUT2D eigenvalue weighted by Gasteiger charge is -2.13. The van der Waals surface area contributed by atoms with Crippen LogP contribution in [0.3, 0.4) is 0 Å². The number of hydrogen-bond donors (Lipinski definition) is 1. The third-order valence-electron chi connectivity index (χ3n) is 2.77. The van der Waals surface area contributed by atoms with E-state index >= 15 is 0 Å². The van der Waals surface area contributed by atoms with Gasteiger partial charge in [0, 0.05) is 17.3 Å². The van der Waals surface area contributed by atoms with Gasteiger partial charge in [0.25, 0.3) is 15.0 Å². The van der Waals surface area contributed by atoms with Crippen LogP contribution in [0.15, 0.2) is 17.0 Å². The number of rotatable bonds is 3. The van der Waals surface area contributed by atoms with Gasteiger partial charge in [0.15, 0.2) is 0 Å². The Morgan fingerprint density at radius 2 is 1.90 bits per heavy atom. The zero-order chi connectivity index (χ0) is 14.9. The van der Waals surface area contributed by atoms with E-state index in [-0.39, 0.29) is 26.5 Å². The number of amides is 1. The van der Waals surface area contributed by atoms with Crippen LogP contribution in [0.2, 0.25) is 10.0 Å². The van der Waals surface area contributed by atoms with E-state index in [2.05, 4.69) is 5.32 Å². The van der Waals surface area contributed by atoms with Gasteiger partial charge in [-0.25, -0.2) is 8.42 Å². The molecule has 0 aromatic heterocycles. The smallest absolute Gasteiger partial charge is 0.261 e. The Hall–Kier alpha value is -0.530. The van der Waals surface area contributed by atoms with Crippen molar-refractivity contribution in [3.8, 4) is 0 Å². The Kier molecular flexibility index (Phi) is 4.81. The standard InChI is InChI=1S/C11H10Cl3NO4S/c12-7-4-6(20(14,17)18)5-8(13)10(7)15-11(16)9-2-1-3-19-9/h4-5,9H,1-3H2,(H,15,16). The first-order valence-corrected chi connectivity index (χ1v) is 8.72. The summed E-state index contributed by atoms with van der Waals surface area (Å²) in [6, 6.07) is 2.25. The summed E-state index contributed by atoms with van der Waals surface area (Å²) in [7, 11) is 1.27. The Bertz CT molecular complexity index is 618. The average molecular weight is 359 g/mol. The third-order valence-corrected chi connectivity index (χ3v) is 4.70. The summed E-state index contributed by atoms with van der Waals surface area (Å²) in [5, 5.41) is 2.51. The van der Waals surface area contributed by atoms with Crippen LogP contribution >= 0.6 is 33.9 Å². The van der Waals surface area contributed by atoms with Crippen LogP contribution in [0, 0.1) is 0 Å². The van der Waals surface area contributed by atoms with Crippen molar-refractivity contribution in [2.45, 2.75) is 23.8 Å². The molecule has 20 heavy (non-hydrogen) atoms. The summed E-state index contributed by atoms with van der Waals surface area (Å²) in [6.45, 7) is 0.531. The van der Waals surface area contributed by atoms with E-state index in [1.54, 1.807) is 0 Å². The number of carbonyl (C=O) groups is 1. The molecule has 1 aromatic rings. The van der Waals surface area contributed by atoms with Crippen molar-refractivity contribution in [1.29, 1.82) is 0 Å². The van der Waals surface area contributed by atoms with Crippen molar-refractivity contribution >= 4 is 54.5 Å². The van der Waals surface area contributed by atoms with Crippen molar-refractivity contribution in [3.63, 3.8) is 0 Å². The van der Waals surface area contributed by atoms with Crippen LogP contribution in [0.1, 0.15) is 12.8 Å². The Morgan fingerprint density at radius 3 is 2.35 bits per heavy atom. The SMILES string of the molecule is O=C(Nc1c(Cl)cc(S(=O)(=O)Cl)cc1Cl)C1CCCO1. The molecule has 0 saturated carbocycles. The normalized spacial score (nSPS) is 19.1. The molecule has 1 unspecified atom stereocenters. The molecule has 1 aliphatic heterocycles. The van der Waals surface area contributed by atoms with Crippen molar-refractivity contribution in [2.24, 2.45) is 0 Å². The van der Waals surface area contributed by atoms with Gasteiger partial charge in [-0.3, -0.25) is 4.79 Å². The summed E-state index contributed by atoms with van der Waals surface area (Å²) in [6.07, 6.45) is 0.886. The van der Waals surface area contributed by atoms with E-state index in [9.17, 15) is 13.2 Å². The molecule has 1 amide bonds. The van der Waals surface area contributed by atoms with Gasteiger partial charge in [-0.2, -0.15) is 0 Å². The molecule has 0 radical (unpaired) electrons. The fourth-order valence-electron chi connectivity index (χ4n) is 1.80. The lowest BCUT2D eigenvalue weighted by atomic mass is 10.2. The van der Waals surface area contributed by atoms with Crippen LogP contribution in [0.4, 0.5) is 5.69 Å². The maximum absolute atomic E-state index is 11.9. The number of carbonyl (C=O) groups excluding carboxylic acids is 1. The summed E-state index contributed by atoms with van der Waals surface area (Å²) in [5.41, 5.74) is 0.137. The fourth-order valence-corrected chi connectivity index (χ4v) is 3.29. The maximum atomic E-state index is 11.9. The lowest BCUT2D eigenvalue weighted by Crippen LogP contribution is -2.27. The van der Waals surface area contributed by atoms with Gasteiger partial charge in [-0.15, -0.1) is 0 Å². The van der Waals surface area contributed by atoms with Gasteiger partial charge in [0.2, 0.25) is 0 Å². The van der Waals surface area contributed by atoms with Crippen molar-refractivity contribution in [2.75, 3.05) is 11.9 Å². The molecule has 0 bridgehead atoms. The van der Waals surface area contributed by atoms with E-state index < -0.39 is 15.2 Å². The van der Waals surface area contributed by atoms with Gasteiger partial charge in [-0.1, -0.05) is 23.2 Å². The summed E-state index contributed by atoms with van der Waals surface area (Å²) >= 11 is 11.9. The predicted octanol–water partition coefficient (Wildman–Crippen LogP) is 3.04. The number of anilines is 1. The van der Waals surface area contributed by atoms with Crippen LogP contribution in [-0.4, -0.2) is 27.0 Å². The molecule has 9 heteroatoms. The highest BCUT2D eigenvalue weighted by Crippen LogP contribution is 2.34. The van der Waals surface area contributed by atoms with Crippen LogP contribution < -0.4 is 5.32 Å². The molecular weight excluding hydrogens is 349 g/mol. The Labute approximate surface area is 130 Å². The molecule has 110 valence electrons. The highest BCUT2D eigenvalue weighted by molar-refractivity contribution is 8.13. The molecule has 2 rings (SSSR count). The second kappa shape index (κ2) is 6.07. The van der Waals surface area contributed by atoms with Crippen LogP contribution in [0.25, 0.3) is 0 Å². The molecule has 0 aliphatic carbocycles.